The minimum Gasteiger partial charge on any atom is -0.379 e. The van der Waals surface area contributed by atoms with E-state index < -0.39 is 5.82 Å². The van der Waals surface area contributed by atoms with E-state index in [1.54, 1.807) is 30.6 Å². The molecule has 0 fully saturated rings. The highest BCUT2D eigenvalue weighted by molar-refractivity contribution is 5.48. The first-order valence-electron chi connectivity index (χ1n) is 7.33. The van der Waals surface area contributed by atoms with Crippen molar-refractivity contribution in [1.29, 1.82) is 0 Å². The van der Waals surface area contributed by atoms with Gasteiger partial charge in [0.25, 0.3) is 0 Å². The number of carbonyl (C=O) groups excluding carboxylic acids is 1. The molecule has 2 aromatic rings. The average Bonchev–Trinajstić information content (AvgIpc) is 3.07. The molecule has 1 aromatic heterocycles. The van der Waals surface area contributed by atoms with Crippen LogP contribution in [0.5, 0.6) is 0 Å². The van der Waals surface area contributed by atoms with Crippen molar-refractivity contribution in [2.45, 2.75) is 26.8 Å². The molecule has 0 bridgehead atoms. The van der Waals surface area contributed by atoms with Gasteiger partial charge >= 0.3 is 0 Å². The van der Waals surface area contributed by atoms with Gasteiger partial charge in [0.1, 0.15) is 11.5 Å². The lowest BCUT2D eigenvalue weighted by atomic mass is 10.1. The van der Waals surface area contributed by atoms with Gasteiger partial charge in [0.15, 0.2) is 0 Å². The van der Waals surface area contributed by atoms with Crippen LogP contribution in [0.4, 0.5) is 4.39 Å². The van der Waals surface area contributed by atoms with Crippen LogP contribution in [0.1, 0.15) is 32.4 Å². The normalized spacial score (nSPS) is 11.3. The highest BCUT2D eigenvalue weighted by Gasteiger charge is 2.14. The van der Waals surface area contributed by atoms with Crippen molar-refractivity contribution in [1.82, 2.24) is 15.1 Å². The molecule has 1 N–H and O–H groups in total. The summed E-state index contributed by atoms with van der Waals surface area (Å²) in [4.78, 5) is 10.6. The summed E-state index contributed by atoms with van der Waals surface area (Å²) in [6.07, 6.45) is 3.83. The van der Waals surface area contributed by atoms with Crippen molar-refractivity contribution in [3.63, 3.8) is 0 Å². The first-order valence-corrected chi connectivity index (χ1v) is 7.33. The molecule has 6 heteroatoms. The van der Waals surface area contributed by atoms with Crippen LogP contribution >= 0.6 is 0 Å². The number of hydrogen-bond acceptors (Lipinski definition) is 3. The number of aromatic nitrogens is 2. The molecule has 22 heavy (non-hydrogen) atoms. The van der Waals surface area contributed by atoms with Crippen molar-refractivity contribution < 1.29 is 13.9 Å². The van der Waals surface area contributed by atoms with Crippen LogP contribution in [-0.4, -0.2) is 29.4 Å². The first-order chi connectivity index (χ1) is 10.8. The van der Waals surface area contributed by atoms with Crippen molar-refractivity contribution in [2.24, 2.45) is 0 Å². The van der Waals surface area contributed by atoms with Gasteiger partial charge in [-0.2, -0.15) is 5.10 Å². The molecule has 0 saturated carbocycles. The van der Waals surface area contributed by atoms with Gasteiger partial charge in [0, 0.05) is 19.0 Å². The maximum atomic E-state index is 14.1. The van der Waals surface area contributed by atoms with Gasteiger partial charge in [0.2, 0.25) is 6.41 Å². The fourth-order valence-corrected chi connectivity index (χ4v) is 1.90. The van der Waals surface area contributed by atoms with E-state index in [-0.39, 0.29) is 6.04 Å². The summed E-state index contributed by atoms with van der Waals surface area (Å²) in [7, 11) is 0. The monoisotopic (exact) mass is 307 g/mol. The third-order valence-corrected chi connectivity index (χ3v) is 2.88. The topological polar surface area (TPSA) is 56.1 Å². The zero-order valence-corrected chi connectivity index (χ0v) is 13.1. The average molecular weight is 307 g/mol. The molecule has 0 aliphatic rings. The van der Waals surface area contributed by atoms with Gasteiger partial charge in [0.05, 0.1) is 12.6 Å². The quantitative estimate of drug-likeness (QED) is 0.800. The molecular weight excluding hydrogens is 285 g/mol. The molecule has 0 saturated heterocycles. The van der Waals surface area contributed by atoms with Gasteiger partial charge < -0.3 is 10.1 Å². The highest BCUT2D eigenvalue weighted by Crippen LogP contribution is 2.19. The lowest BCUT2D eigenvalue weighted by Crippen LogP contribution is -2.24. The molecule has 1 unspecified atom stereocenters. The molecule has 0 radical (unpaired) electrons. The smallest absolute Gasteiger partial charge is 0.207 e. The Morgan fingerprint density at radius 2 is 2.23 bits per heavy atom. The molecule has 2 rings (SSSR count). The number of benzene rings is 1. The summed E-state index contributed by atoms with van der Waals surface area (Å²) in [6, 6.07) is 6.12. The molecule has 0 aliphatic heterocycles. The summed E-state index contributed by atoms with van der Waals surface area (Å²) >= 11 is 0. The highest BCUT2D eigenvalue weighted by atomic mass is 19.1. The number of nitrogens with one attached hydrogen (secondary N) is 1. The Morgan fingerprint density at radius 1 is 1.45 bits per heavy atom. The maximum Gasteiger partial charge on any atom is 0.207 e. The lowest BCUT2D eigenvalue weighted by molar-refractivity contribution is -0.110. The van der Waals surface area contributed by atoms with Gasteiger partial charge in [-0.25, -0.2) is 9.07 Å². The van der Waals surface area contributed by atoms with Crippen LogP contribution in [0.15, 0.2) is 36.7 Å². The fourth-order valence-electron chi connectivity index (χ4n) is 1.90. The van der Waals surface area contributed by atoms with E-state index in [1.165, 1.54) is 10.7 Å². The molecule has 1 amide bonds. The zero-order chi connectivity index (χ0) is 16.4. The van der Waals surface area contributed by atoms with Gasteiger partial charge in [-0.3, -0.25) is 4.79 Å². The third-order valence-electron chi connectivity index (χ3n) is 2.88. The summed E-state index contributed by atoms with van der Waals surface area (Å²) in [5.74, 6) is -0.402. The second kappa shape index (κ2) is 9.68. The van der Waals surface area contributed by atoms with Crippen LogP contribution in [-0.2, 0) is 9.53 Å². The van der Waals surface area contributed by atoms with Crippen LogP contribution in [0.25, 0.3) is 5.69 Å². The minimum atomic E-state index is -0.402. The van der Waals surface area contributed by atoms with Crippen LogP contribution in [0.3, 0.4) is 0 Å². The predicted octanol–water partition coefficient (Wildman–Crippen LogP) is 2.86. The molecule has 0 spiro atoms. The van der Waals surface area contributed by atoms with Crippen LogP contribution in [0, 0.1) is 5.82 Å². The van der Waals surface area contributed by atoms with E-state index in [0.29, 0.717) is 30.9 Å². The Hall–Kier alpha value is -2.21. The number of nitrogens with zero attached hydrogens (tertiary/aromatic N) is 2. The fraction of sp³-hybridized carbons (Fsp3) is 0.375. The summed E-state index contributed by atoms with van der Waals surface area (Å²) in [6.45, 7) is 6.69. The predicted molar refractivity (Wildman–Crippen MR) is 83.3 cm³/mol. The molecule has 0 aliphatic carbocycles. The van der Waals surface area contributed by atoms with Crippen molar-refractivity contribution >= 4 is 6.41 Å². The number of ether oxygens (including phenoxy) is 1. The second-order valence-corrected chi connectivity index (χ2v) is 4.16. The standard InChI is InChI=1S/C14H16FN3O2.C2H6/c1-2-20-9-13(16-10-19)11-4-5-14(12(15)8-11)18-7-3-6-17-18;1-2/h3-8,10,13H,2,9H2,1H3,(H,16,19);1-2H3. The van der Waals surface area contributed by atoms with E-state index >= 15 is 0 Å². The third kappa shape index (κ3) is 4.66. The molecule has 120 valence electrons. The second-order valence-electron chi connectivity index (χ2n) is 4.16. The van der Waals surface area contributed by atoms with E-state index in [1.807, 2.05) is 20.8 Å². The summed E-state index contributed by atoms with van der Waals surface area (Å²) < 4.78 is 20.9. The van der Waals surface area contributed by atoms with E-state index in [0.717, 1.165) is 0 Å². The van der Waals surface area contributed by atoms with E-state index in [9.17, 15) is 9.18 Å². The molecule has 1 heterocycles. The Labute approximate surface area is 130 Å². The van der Waals surface area contributed by atoms with Crippen LogP contribution < -0.4 is 5.32 Å². The summed E-state index contributed by atoms with van der Waals surface area (Å²) in [5.41, 5.74) is 1.01. The largest absolute Gasteiger partial charge is 0.379 e. The van der Waals surface area contributed by atoms with E-state index in [4.69, 9.17) is 4.74 Å². The zero-order valence-electron chi connectivity index (χ0n) is 13.1. The number of carbonyl (C=O) groups is 1. The Kier molecular flexibility index (Phi) is 7.85. The molecule has 5 nitrogen and oxygen atoms in total. The SMILES string of the molecule is CC.CCOCC(NC=O)c1ccc(-n2cccn2)c(F)c1. The van der Waals surface area contributed by atoms with Crippen molar-refractivity contribution in [2.75, 3.05) is 13.2 Å². The van der Waals surface area contributed by atoms with Gasteiger partial charge in [-0.05, 0) is 30.7 Å². The minimum absolute atomic E-state index is 0.301. The Balaban J connectivity index is 0.00000116. The van der Waals surface area contributed by atoms with Crippen molar-refractivity contribution in [3.05, 3.63) is 48.0 Å². The maximum absolute atomic E-state index is 14.1. The van der Waals surface area contributed by atoms with Gasteiger partial charge in [-0.15, -0.1) is 0 Å². The molecule has 1 atom stereocenters. The summed E-state index contributed by atoms with van der Waals surface area (Å²) in [5, 5.41) is 6.61. The number of amides is 1. The molecular formula is C16H22FN3O2. The lowest BCUT2D eigenvalue weighted by Gasteiger charge is -2.17. The van der Waals surface area contributed by atoms with Crippen LogP contribution in [0.2, 0.25) is 0 Å². The van der Waals surface area contributed by atoms with Gasteiger partial charge in [-0.1, -0.05) is 19.9 Å². The van der Waals surface area contributed by atoms with E-state index in [2.05, 4.69) is 10.4 Å². The number of halogens is 1. The number of rotatable bonds is 7. The van der Waals surface area contributed by atoms with Crippen molar-refractivity contribution in [3.8, 4) is 5.69 Å². The Morgan fingerprint density at radius 3 is 2.77 bits per heavy atom. The first kappa shape index (κ1) is 17.8. The number of hydrogen-bond donors (Lipinski definition) is 1. The molecule has 1 aromatic carbocycles. The Bertz CT molecular complexity index is 559.